The molecular weight excluding hydrogens is 344 g/mol. The molecular formula is C22H35F2N3. The van der Waals surface area contributed by atoms with Crippen molar-refractivity contribution in [2.75, 3.05) is 26.2 Å². The summed E-state index contributed by atoms with van der Waals surface area (Å²) in [6.45, 7) is 5.92. The predicted molar refractivity (Wildman–Crippen MR) is 107 cm³/mol. The van der Waals surface area contributed by atoms with Crippen LogP contribution in [-0.2, 0) is 0 Å². The first kappa shape index (κ1) is 20.7. The lowest BCUT2D eigenvalue weighted by molar-refractivity contribution is 0.239. The van der Waals surface area contributed by atoms with Crippen molar-refractivity contribution in [2.45, 2.75) is 70.4 Å². The molecule has 1 aromatic rings. The first-order valence-corrected chi connectivity index (χ1v) is 10.7. The van der Waals surface area contributed by atoms with Crippen LogP contribution in [0.25, 0.3) is 0 Å². The second kappa shape index (κ2) is 9.94. The zero-order chi connectivity index (χ0) is 19.1. The first-order valence-electron chi connectivity index (χ1n) is 10.7. The highest BCUT2D eigenvalue weighted by atomic mass is 19.1. The Kier molecular flexibility index (Phi) is 7.62. The molecule has 2 atom stereocenters. The van der Waals surface area contributed by atoms with Crippen molar-refractivity contribution in [3.63, 3.8) is 0 Å². The summed E-state index contributed by atoms with van der Waals surface area (Å²) in [6, 6.07) is 3.92. The Morgan fingerprint density at radius 3 is 2.67 bits per heavy atom. The summed E-state index contributed by atoms with van der Waals surface area (Å²) < 4.78 is 28.2. The van der Waals surface area contributed by atoms with Gasteiger partial charge in [-0.05, 0) is 81.8 Å². The second-order valence-corrected chi connectivity index (χ2v) is 8.44. The largest absolute Gasteiger partial charge is 0.316 e. The maximum absolute atomic E-state index is 14.4. The van der Waals surface area contributed by atoms with Gasteiger partial charge in [0.2, 0.25) is 0 Å². The van der Waals surface area contributed by atoms with Crippen molar-refractivity contribution in [3.05, 3.63) is 35.4 Å². The molecule has 3 N–H and O–H groups in total. The van der Waals surface area contributed by atoms with E-state index in [1.165, 1.54) is 50.3 Å². The Hall–Kier alpha value is -1.04. The minimum Gasteiger partial charge on any atom is -0.316 e. The fourth-order valence-electron chi connectivity index (χ4n) is 4.99. The average Bonchev–Trinajstić information content (AvgIpc) is 3.11. The molecule has 1 aliphatic carbocycles. The lowest BCUT2D eigenvalue weighted by Gasteiger charge is -2.32. The molecule has 2 fully saturated rings. The van der Waals surface area contributed by atoms with Crippen LogP contribution in [-0.4, -0.2) is 32.2 Å². The predicted octanol–water partition coefficient (Wildman–Crippen LogP) is 4.30. The zero-order valence-corrected chi connectivity index (χ0v) is 16.6. The van der Waals surface area contributed by atoms with E-state index < -0.39 is 0 Å². The van der Waals surface area contributed by atoms with Gasteiger partial charge < -0.3 is 16.0 Å². The Bertz CT molecular complexity index is 587. The van der Waals surface area contributed by atoms with E-state index in [2.05, 4.69) is 22.9 Å². The molecule has 1 aromatic carbocycles. The van der Waals surface area contributed by atoms with Crippen LogP contribution < -0.4 is 16.0 Å². The van der Waals surface area contributed by atoms with Gasteiger partial charge in [0, 0.05) is 24.2 Å². The summed E-state index contributed by atoms with van der Waals surface area (Å²) in [4.78, 5) is 0. The molecule has 0 aromatic heterocycles. The minimum atomic E-state index is -0.370. The fourth-order valence-corrected chi connectivity index (χ4v) is 4.99. The number of benzene rings is 1. The molecule has 0 radical (unpaired) electrons. The third kappa shape index (κ3) is 5.72. The third-order valence-corrected chi connectivity index (χ3v) is 6.45. The van der Waals surface area contributed by atoms with Crippen LogP contribution in [0.15, 0.2) is 18.2 Å². The van der Waals surface area contributed by atoms with Gasteiger partial charge in [0.05, 0.1) is 0 Å². The molecule has 152 valence electrons. The Balaban J connectivity index is 1.75. The lowest BCUT2D eigenvalue weighted by atomic mass is 9.81. The molecule has 1 heterocycles. The van der Waals surface area contributed by atoms with E-state index in [0.717, 1.165) is 45.4 Å². The molecule has 1 saturated heterocycles. The monoisotopic (exact) mass is 379 g/mol. The Morgan fingerprint density at radius 2 is 1.89 bits per heavy atom. The van der Waals surface area contributed by atoms with E-state index in [4.69, 9.17) is 0 Å². The zero-order valence-electron chi connectivity index (χ0n) is 16.6. The maximum atomic E-state index is 14.4. The molecule has 1 saturated carbocycles. The van der Waals surface area contributed by atoms with Crippen LogP contribution in [0.5, 0.6) is 0 Å². The van der Waals surface area contributed by atoms with Crippen LogP contribution >= 0.6 is 0 Å². The van der Waals surface area contributed by atoms with Gasteiger partial charge in [-0.25, -0.2) is 8.78 Å². The van der Waals surface area contributed by atoms with Crippen molar-refractivity contribution < 1.29 is 8.78 Å². The van der Waals surface area contributed by atoms with Gasteiger partial charge in [0.1, 0.15) is 11.6 Å². The maximum Gasteiger partial charge on any atom is 0.128 e. The smallest absolute Gasteiger partial charge is 0.128 e. The molecule has 5 heteroatoms. The molecule has 0 bridgehead atoms. The molecule has 3 nitrogen and oxygen atoms in total. The number of hydrogen-bond donors (Lipinski definition) is 3. The minimum absolute atomic E-state index is 0.163. The summed E-state index contributed by atoms with van der Waals surface area (Å²) in [5.74, 6) is -0.687. The van der Waals surface area contributed by atoms with E-state index in [0.29, 0.717) is 11.0 Å². The van der Waals surface area contributed by atoms with E-state index in [9.17, 15) is 8.78 Å². The standard InChI is InChI=1S/C22H35F2N3/c1-2-26-18-8-13-25-16-22(9-3-4-10-22)11-5-12-27-21(15-18)19-14-17(23)6-7-20(19)24/h6-7,14,18,21,25-27H,2-5,8-13,15-16H2,1H3. The van der Waals surface area contributed by atoms with E-state index in [1.807, 2.05) is 0 Å². The highest BCUT2D eigenvalue weighted by molar-refractivity contribution is 5.22. The van der Waals surface area contributed by atoms with Crippen molar-refractivity contribution >= 4 is 0 Å². The Morgan fingerprint density at radius 1 is 1.11 bits per heavy atom. The van der Waals surface area contributed by atoms with Crippen molar-refractivity contribution in [3.8, 4) is 0 Å². The molecule has 2 aliphatic rings. The topological polar surface area (TPSA) is 36.1 Å². The summed E-state index contributed by atoms with van der Waals surface area (Å²) in [5, 5.41) is 10.8. The van der Waals surface area contributed by atoms with Gasteiger partial charge in [0.15, 0.2) is 0 Å². The molecule has 27 heavy (non-hydrogen) atoms. The summed E-state index contributed by atoms with van der Waals surface area (Å²) in [5.41, 5.74) is 0.896. The highest BCUT2D eigenvalue weighted by Gasteiger charge is 2.33. The molecule has 1 aliphatic heterocycles. The van der Waals surface area contributed by atoms with Gasteiger partial charge in [-0.3, -0.25) is 0 Å². The SMILES string of the molecule is CCNC1CCNCC2(CCCC2)CCCNC(c2cc(F)ccc2F)C1. The van der Waals surface area contributed by atoms with Crippen molar-refractivity contribution in [2.24, 2.45) is 5.41 Å². The van der Waals surface area contributed by atoms with Crippen LogP contribution in [0.2, 0.25) is 0 Å². The summed E-state index contributed by atoms with van der Waals surface area (Å²) in [7, 11) is 0. The number of rotatable bonds is 3. The normalized spacial score (nSPS) is 27.2. The molecule has 0 amide bonds. The van der Waals surface area contributed by atoms with Gasteiger partial charge in [-0.15, -0.1) is 0 Å². The molecule has 2 unspecified atom stereocenters. The lowest BCUT2D eigenvalue weighted by Crippen LogP contribution is -2.40. The van der Waals surface area contributed by atoms with Gasteiger partial charge in [-0.1, -0.05) is 19.8 Å². The number of nitrogens with one attached hydrogen (secondary N) is 3. The van der Waals surface area contributed by atoms with Crippen LogP contribution in [0, 0.1) is 17.0 Å². The average molecular weight is 380 g/mol. The summed E-state index contributed by atoms with van der Waals surface area (Å²) >= 11 is 0. The number of hydrogen-bond acceptors (Lipinski definition) is 3. The Labute approximate surface area is 162 Å². The van der Waals surface area contributed by atoms with Crippen LogP contribution in [0.4, 0.5) is 8.78 Å². The molecule has 1 spiro atoms. The van der Waals surface area contributed by atoms with Gasteiger partial charge in [0.25, 0.3) is 0 Å². The van der Waals surface area contributed by atoms with Crippen molar-refractivity contribution in [1.29, 1.82) is 0 Å². The third-order valence-electron chi connectivity index (χ3n) is 6.45. The quantitative estimate of drug-likeness (QED) is 0.733. The van der Waals surface area contributed by atoms with Crippen molar-refractivity contribution in [1.82, 2.24) is 16.0 Å². The van der Waals surface area contributed by atoms with Crippen LogP contribution in [0.1, 0.15) is 69.9 Å². The van der Waals surface area contributed by atoms with Gasteiger partial charge >= 0.3 is 0 Å². The summed E-state index contributed by atoms with van der Waals surface area (Å²) in [6.07, 6.45) is 9.37. The van der Waals surface area contributed by atoms with E-state index in [-0.39, 0.29) is 23.7 Å². The first-order chi connectivity index (χ1) is 13.1. The van der Waals surface area contributed by atoms with Crippen LogP contribution in [0.3, 0.4) is 0 Å². The fraction of sp³-hybridized carbons (Fsp3) is 0.727. The van der Waals surface area contributed by atoms with E-state index >= 15 is 0 Å². The van der Waals surface area contributed by atoms with E-state index in [1.54, 1.807) is 0 Å². The molecule has 3 rings (SSSR count). The van der Waals surface area contributed by atoms with Gasteiger partial charge in [-0.2, -0.15) is 0 Å². The number of halogens is 2. The second-order valence-electron chi connectivity index (χ2n) is 8.44. The highest BCUT2D eigenvalue weighted by Crippen LogP contribution is 2.41.